The maximum absolute atomic E-state index is 13.2. The molecule has 0 saturated carbocycles. The number of alkyl halides is 3. The molecule has 0 radical (unpaired) electrons. The molecule has 1 rings (SSSR count). The molecule has 0 fully saturated rings. The molecule has 17 heavy (non-hydrogen) atoms. The summed E-state index contributed by atoms with van der Waals surface area (Å²) < 4.78 is 43.3. The van der Waals surface area contributed by atoms with Gasteiger partial charge in [0, 0.05) is 22.7 Å². The molecule has 7 heteroatoms. The van der Waals surface area contributed by atoms with Crippen LogP contribution in [0.25, 0.3) is 0 Å². The highest BCUT2D eigenvalue weighted by molar-refractivity contribution is 9.08. The molecule has 94 valence electrons. The van der Waals surface area contributed by atoms with Crippen molar-refractivity contribution in [2.24, 2.45) is 0 Å². The minimum atomic E-state index is -2.88. The van der Waals surface area contributed by atoms with Crippen molar-refractivity contribution in [2.45, 2.75) is 18.2 Å². The Balaban J connectivity index is 3.25. The standard InChI is InChI=1S/C10H9BrF3NO2/c1-17-7(16)2-5-4-15-10(14)6(3-11)8(5)9(12)13/h4,9H,2-3H2,1H3. The van der Waals surface area contributed by atoms with E-state index in [0.29, 0.717) is 0 Å². The number of carbonyl (C=O) groups is 1. The fraction of sp³-hybridized carbons (Fsp3) is 0.400. The zero-order valence-electron chi connectivity index (χ0n) is 8.84. The maximum atomic E-state index is 13.2. The van der Waals surface area contributed by atoms with Crippen LogP contribution < -0.4 is 0 Å². The second-order valence-electron chi connectivity index (χ2n) is 3.15. The fourth-order valence-corrected chi connectivity index (χ4v) is 1.89. The van der Waals surface area contributed by atoms with Crippen LogP contribution in [0.4, 0.5) is 13.2 Å². The summed E-state index contributed by atoms with van der Waals surface area (Å²) in [5.41, 5.74) is -0.760. The highest BCUT2D eigenvalue weighted by Gasteiger charge is 2.22. The van der Waals surface area contributed by atoms with Crippen molar-refractivity contribution in [3.8, 4) is 0 Å². The molecule has 1 aromatic heterocycles. The van der Waals surface area contributed by atoms with Gasteiger partial charge in [0.2, 0.25) is 5.95 Å². The van der Waals surface area contributed by atoms with Gasteiger partial charge in [-0.1, -0.05) is 15.9 Å². The number of carbonyl (C=O) groups excluding carboxylic acids is 1. The van der Waals surface area contributed by atoms with Gasteiger partial charge in [0.15, 0.2) is 0 Å². The average Bonchev–Trinajstić information content (AvgIpc) is 2.30. The summed E-state index contributed by atoms with van der Waals surface area (Å²) in [5.74, 6) is -1.65. The Kier molecular flexibility index (Phi) is 4.92. The summed E-state index contributed by atoms with van der Waals surface area (Å²) >= 11 is 2.92. The molecule has 0 saturated heterocycles. The third-order valence-electron chi connectivity index (χ3n) is 2.17. The molecular weight excluding hydrogens is 303 g/mol. The number of halogens is 4. The van der Waals surface area contributed by atoms with E-state index >= 15 is 0 Å². The predicted molar refractivity (Wildman–Crippen MR) is 57.5 cm³/mol. The summed E-state index contributed by atoms with van der Waals surface area (Å²) in [5, 5.41) is -0.0967. The van der Waals surface area contributed by atoms with Crippen molar-refractivity contribution >= 4 is 21.9 Å². The van der Waals surface area contributed by atoms with Crippen molar-refractivity contribution in [1.82, 2.24) is 4.98 Å². The molecule has 0 aliphatic carbocycles. The van der Waals surface area contributed by atoms with Crippen LogP contribution in [-0.4, -0.2) is 18.1 Å². The Labute approximate surface area is 104 Å². The Bertz CT molecular complexity index is 426. The molecule has 1 heterocycles. The normalized spacial score (nSPS) is 10.7. The molecule has 0 aromatic carbocycles. The number of esters is 1. The van der Waals surface area contributed by atoms with Crippen LogP contribution in [0.1, 0.15) is 23.1 Å². The molecule has 0 amide bonds. The molecule has 1 aromatic rings. The SMILES string of the molecule is COC(=O)Cc1cnc(F)c(CBr)c1C(F)F. The highest BCUT2D eigenvalue weighted by atomic mass is 79.9. The Morgan fingerprint density at radius 3 is 2.71 bits per heavy atom. The molecule has 0 spiro atoms. The minimum absolute atomic E-state index is 0.0253. The Hall–Kier alpha value is -1.11. The second kappa shape index (κ2) is 6.00. The van der Waals surface area contributed by atoms with Crippen molar-refractivity contribution in [1.29, 1.82) is 0 Å². The van der Waals surface area contributed by atoms with Crippen molar-refractivity contribution in [3.05, 3.63) is 28.8 Å². The van der Waals surface area contributed by atoms with E-state index in [1.54, 1.807) is 0 Å². The summed E-state index contributed by atoms with van der Waals surface area (Å²) in [6.07, 6.45) is -2.30. The van der Waals surface area contributed by atoms with E-state index in [0.717, 1.165) is 13.3 Å². The summed E-state index contributed by atoms with van der Waals surface area (Å²) in [6.45, 7) is 0. The highest BCUT2D eigenvalue weighted by Crippen LogP contribution is 2.29. The first-order chi connectivity index (χ1) is 8.01. The molecule has 0 unspecified atom stereocenters. The lowest BCUT2D eigenvalue weighted by molar-refractivity contribution is -0.139. The zero-order valence-corrected chi connectivity index (χ0v) is 10.4. The number of nitrogens with zero attached hydrogens (tertiary/aromatic N) is 1. The number of pyridine rings is 1. The summed E-state index contributed by atoms with van der Waals surface area (Å²) in [6, 6.07) is 0. The predicted octanol–water partition coefficient (Wildman–Crippen LogP) is 2.77. The molecule has 0 bridgehead atoms. The van der Waals surface area contributed by atoms with Crippen molar-refractivity contribution in [2.75, 3.05) is 7.11 Å². The lowest BCUT2D eigenvalue weighted by Gasteiger charge is -2.12. The van der Waals surface area contributed by atoms with Gasteiger partial charge in [0.1, 0.15) is 0 Å². The van der Waals surface area contributed by atoms with Crippen LogP contribution in [0.2, 0.25) is 0 Å². The van der Waals surface area contributed by atoms with Gasteiger partial charge < -0.3 is 4.74 Å². The van der Waals surface area contributed by atoms with E-state index < -0.39 is 23.9 Å². The van der Waals surface area contributed by atoms with E-state index in [1.807, 2.05) is 0 Å². The number of hydrogen-bond acceptors (Lipinski definition) is 3. The third-order valence-corrected chi connectivity index (χ3v) is 2.73. The molecule has 0 aliphatic rings. The lowest BCUT2D eigenvalue weighted by Crippen LogP contribution is -2.11. The van der Waals surface area contributed by atoms with E-state index in [2.05, 4.69) is 25.7 Å². The summed E-state index contributed by atoms with van der Waals surface area (Å²) in [7, 11) is 1.15. The van der Waals surface area contributed by atoms with Gasteiger partial charge in [0.05, 0.1) is 13.5 Å². The van der Waals surface area contributed by atoms with Gasteiger partial charge in [-0.2, -0.15) is 4.39 Å². The van der Waals surface area contributed by atoms with Gasteiger partial charge in [-0.3, -0.25) is 4.79 Å². The molecule has 3 nitrogen and oxygen atoms in total. The topological polar surface area (TPSA) is 39.2 Å². The Morgan fingerprint density at radius 1 is 1.59 bits per heavy atom. The third kappa shape index (κ3) is 3.18. The Morgan fingerprint density at radius 2 is 2.24 bits per heavy atom. The molecule has 0 aliphatic heterocycles. The average molecular weight is 312 g/mol. The lowest BCUT2D eigenvalue weighted by atomic mass is 10.0. The van der Waals surface area contributed by atoms with Crippen LogP contribution in [0.15, 0.2) is 6.20 Å². The minimum Gasteiger partial charge on any atom is -0.469 e. The van der Waals surface area contributed by atoms with E-state index in [9.17, 15) is 18.0 Å². The fourth-order valence-electron chi connectivity index (χ4n) is 1.35. The number of hydrogen-bond donors (Lipinski definition) is 0. The monoisotopic (exact) mass is 311 g/mol. The molecule has 0 N–H and O–H groups in total. The quantitative estimate of drug-likeness (QED) is 0.487. The van der Waals surface area contributed by atoms with Crippen LogP contribution in [-0.2, 0) is 21.3 Å². The van der Waals surface area contributed by atoms with Crippen molar-refractivity contribution in [3.63, 3.8) is 0 Å². The van der Waals surface area contributed by atoms with Crippen LogP contribution in [0, 0.1) is 5.95 Å². The number of aromatic nitrogens is 1. The van der Waals surface area contributed by atoms with Crippen LogP contribution in [0.3, 0.4) is 0 Å². The number of ether oxygens (including phenoxy) is 1. The van der Waals surface area contributed by atoms with Crippen molar-refractivity contribution < 1.29 is 22.7 Å². The van der Waals surface area contributed by atoms with Gasteiger partial charge in [-0.15, -0.1) is 0 Å². The van der Waals surface area contributed by atoms with Crippen LogP contribution in [0.5, 0.6) is 0 Å². The largest absolute Gasteiger partial charge is 0.469 e. The van der Waals surface area contributed by atoms with Gasteiger partial charge in [-0.05, 0) is 5.56 Å². The number of methoxy groups -OCH3 is 1. The smallest absolute Gasteiger partial charge is 0.310 e. The zero-order chi connectivity index (χ0) is 13.0. The van der Waals surface area contributed by atoms with E-state index in [1.165, 1.54) is 0 Å². The summed E-state index contributed by atoms with van der Waals surface area (Å²) in [4.78, 5) is 14.4. The van der Waals surface area contributed by atoms with E-state index in [-0.39, 0.29) is 22.9 Å². The van der Waals surface area contributed by atoms with E-state index in [4.69, 9.17) is 0 Å². The van der Waals surface area contributed by atoms with Gasteiger partial charge >= 0.3 is 5.97 Å². The maximum Gasteiger partial charge on any atom is 0.310 e. The molecule has 0 atom stereocenters. The molecular formula is C10H9BrF3NO2. The van der Waals surface area contributed by atoms with Gasteiger partial charge in [0.25, 0.3) is 6.43 Å². The number of rotatable bonds is 4. The van der Waals surface area contributed by atoms with Crippen LogP contribution >= 0.6 is 15.9 Å². The first-order valence-corrected chi connectivity index (χ1v) is 5.70. The first kappa shape index (κ1) is 14.0. The van der Waals surface area contributed by atoms with Gasteiger partial charge in [-0.25, -0.2) is 13.8 Å². The second-order valence-corrected chi connectivity index (χ2v) is 3.71. The first-order valence-electron chi connectivity index (χ1n) is 4.58.